The van der Waals surface area contributed by atoms with E-state index in [-0.39, 0.29) is 0 Å². The lowest BCUT2D eigenvalue weighted by Crippen LogP contribution is -2.40. The molecule has 0 amide bonds. The molecule has 3 nitrogen and oxygen atoms in total. The summed E-state index contributed by atoms with van der Waals surface area (Å²) in [5.41, 5.74) is 5.93. The summed E-state index contributed by atoms with van der Waals surface area (Å²) >= 11 is 0. The molecule has 0 radical (unpaired) electrons. The average molecular weight is 200 g/mol. The fourth-order valence-corrected chi connectivity index (χ4v) is 2.48. The Balaban J connectivity index is 2.42. The zero-order chi connectivity index (χ0) is 10.6. The van der Waals surface area contributed by atoms with Crippen molar-refractivity contribution in [3.63, 3.8) is 0 Å². The SMILES string of the molecule is COCCN1CC(CCN)CC1(C)C. The number of likely N-dealkylation sites (tertiary alicyclic amines) is 1. The summed E-state index contributed by atoms with van der Waals surface area (Å²) in [7, 11) is 1.76. The van der Waals surface area contributed by atoms with Crippen molar-refractivity contribution < 1.29 is 4.74 Å². The van der Waals surface area contributed by atoms with E-state index in [0.717, 1.165) is 32.0 Å². The zero-order valence-electron chi connectivity index (χ0n) is 9.75. The third-order valence-corrected chi connectivity index (χ3v) is 3.26. The van der Waals surface area contributed by atoms with E-state index in [1.165, 1.54) is 13.0 Å². The Morgan fingerprint density at radius 3 is 2.79 bits per heavy atom. The maximum absolute atomic E-state index is 5.60. The zero-order valence-corrected chi connectivity index (χ0v) is 9.75. The molecule has 1 rings (SSSR count). The smallest absolute Gasteiger partial charge is 0.0589 e. The lowest BCUT2D eigenvalue weighted by molar-refractivity contribution is 0.109. The third-order valence-electron chi connectivity index (χ3n) is 3.26. The van der Waals surface area contributed by atoms with E-state index in [2.05, 4.69) is 18.7 Å². The van der Waals surface area contributed by atoms with E-state index >= 15 is 0 Å². The molecule has 0 saturated carbocycles. The molecule has 0 spiro atoms. The fraction of sp³-hybridized carbons (Fsp3) is 1.00. The molecule has 0 bridgehead atoms. The molecule has 0 aliphatic carbocycles. The van der Waals surface area contributed by atoms with E-state index in [4.69, 9.17) is 10.5 Å². The van der Waals surface area contributed by atoms with Crippen LogP contribution in [0.1, 0.15) is 26.7 Å². The van der Waals surface area contributed by atoms with Gasteiger partial charge in [-0.25, -0.2) is 0 Å². The summed E-state index contributed by atoms with van der Waals surface area (Å²) < 4.78 is 5.13. The summed E-state index contributed by atoms with van der Waals surface area (Å²) in [4.78, 5) is 2.52. The summed E-state index contributed by atoms with van der Waals surface area (Å²) in [5.74, 6) is 0.784. The second-order valence-corrected chi connectivity index (χ2v) is 4.90. The van der Waals surface area contributed by atoms with Crippen molar-refractivity contribution in [2.75, 3.05) is 33.4 Å². The van der Waals surface area contributed by atoms with Gasteiger partial charge >= 0.3 is 0 Å². The Morgan fingerprint density at radius 1 is 1.50 bits per heavy atom. The highest BCUT2D eigenvalue weighted by molar-refractivity contribution is 4.92. The number of methoxy groups -OCH3 is 1. The molecule has 0 aromatic rings. The van der Waals surface area contributed by atoms with Gasteiger partial charge in [0.15, 0.2) is 0 Å². The standard InChI is InChI=1S/C11H24N2O/c1-11(2)8-10(4-5-12)9-13(11)6-7-14-3/h10H,4-9,12H2,1-3H3. The van der Waals surface area contributed by atoms with Crippen molar-refractivity contribution in [1.82, 2.24) is 4.90 Å². The highest BCUT2D eigenvalue weighted by Crippen LogP contribution is 2.33. The van der Waals surface area contributed by atoms with Crippen LogP contribution in [-0.2, 0) is 4.74 Å². The van der Waals surface area contributed by atoms with Gasteiger partial charge in [0.2, 0.25) is 0 Å². The topological polar surface area (TPSA) is 38.5 Å². The van der Waals surface area contributed by atoms with Crippen LogP contribution in [0.25, 0.3) is 0 Å². The van der Waals surface area contributed by atoms with Gasteiger partial charge in [0.1, 0.15) is 0 Å². The number of nitrogens with zero attached hydrogens (tertiary/aromatic N) is 1. The molecule has 3 heteroatoms. The Bertz CT molecular complexity index is 171. The summed E-state index contributed by atoms with van der Waals surface area (Å²) in [6, 6.07) is 0. The van der Waals surface area contributed by atoms with Gasteiger partial charge < -0.3 is 10.5 Å². The number of hydrogen-bond donors (Lipinski definition) is 1. The molecular formula is C11H24N2O. The largest absolute Gasteiger partial charge is 0.383 e. The van der Waals surface area contributed by atoms with E-state index in [0.29, 0.717) is 5.54 Å². The predicted octanol–water partition coefficient (Wildman–Crippen LogP) is 1.08. The second kappa shape index (κ2) is 5.10. The van der Waals surface area contributed by atoms with Gasteiger partial charge in [-0.3, -0.25) is 4.90 Å². The Kier molecular flexibility index (Phi) is 4.35. The van der Waals surface area contributed by atoms with Gasteiger partial charge in [0, 0.05) is 25.7 Å². The van der Waals surface area contributed by atoms with Crippen molar-refractivity contribution in [2.45, 2.75) is 32.2 Å². The summed E-state index contributed by atoms with van der Waals surface area (Å²) in [5, 5.41) is 0. The average Bonchev–Trinajstić information content (AvgIpc) is 2.38. The quantitative estimate of drug-likeness (QED) is 0.722. The molecule has 14 heavy (non-hydrogen) atoms. The molecule has 1 aliphatic rings. The van der Waals surface area contributed by atoms with Crippen molar-refractivity contribution in [3.8, 4) is 0 Å². The summed E-state index contributed by atoms with van der Waals surface area (Å²) in [6.07, 6.45) is 2.43. The van der Waals surface area contributed by atoms with Crippen LogP contribution < -0.4 is 5.73 Å². The van der Waals surface area contributed by atoms with Crippen LogP contribution in [0.3, 0.4) is 0 Å². The van der Waals surface area contributed by atoms with Crippen molar-refractivity contribution in [3.05, 3.63) is 0 Å². The highest BCUT2D eigenvalue weighted by atomic mass is 16.5. The first kappa shape index (κ1) is 12.0. The molecule has 1 saturated heterocycles. The molecule has 1 unspecified atom stereocenters. The Labute approximate surface area is 87.6 Å². The molecule has 0 aromatic carbocycles. The van der Waals surface area contributed by atoms with Crippen molar-refractivity contribution in [1.29, 1.82) is 0 Å². The van der Waals surface area contributed by atoms with Gasteiger partial charge in [0.05, 0.1) is 6.61 Å². The predicted molar refractivity (Wildman–Crippen MR) is 59.3 cm³/mol. The monoisotopic (exact) mass is 200 g/mol. The van der Waals surface area contributed by atoms with Gasteiger partial charge in [-0.15, -0.1) is 0 Å². The van der Waals surface area contributed by atoms with Gasteiger partial charge in [-0.1, -0.05) is 0 Å². The first-order valence-electron chi connectivity index (χ1n) is 5.54. The Hall–Kier alpha value is -0.120. The summed E-state index contributed by atoms with van der Waals surface area (Å²) in [6.45, 7) is 8.52. The van der Waals surface area contributed by atoms with E-state index in [9.17, 15) is 0 Å². The molecule has 1 atom stereocenters. The molecule has 2 N–H and O–H groups in total. The molecule has 1 fully saturated rings. The number of hydrogen-bond acceptors (Lipinski definition) is 3. The molecule has 1 heterocycles. The Morgan fingerprint density at radius 2 is 2.21 bits per heavy atom. The van der Waals surface area contributed by atoms with E-state index < -0.39 is 0 Å². The lowest BCUT2D eigenvalue weighted by Gasteiger charge is -2.31. The number of ether oxygens (including phenoxy) is 1. The van der Waals surface area contributed by atoms with Crippen LogP contribution in [0.5, 0.6) is 0 Å². The van der Waals surface area contributed by atoms with Gasteiger partial charge in [-0.05, 0) is 39.2 Å². The fourth-order valence-electron chi connectivity index (χ4n) is 2.48. The minimum atomic E-state index is 0.332. The molecule has 84 valence electrons. The van der Waals surface area contributed by atoms with Gasteiger partial charge in [-0.2, -0.15) is 0 Å². The van der Waals surface area contributed by atoms with E-state index in [1.54, 1.807) is 7.11 Å². The van der Waals surface area contributed by atoms with Crippen LogP contribution in [-0.4, -0.2) is 43.8 Å². The third kappa shape index (κ3) is 2.94. The molecule has 1 aliphatic heterocycles. The maximum atomic E-state index is 5.60. The maximum Gasteiger partial charge on any atom is 0.0589 e. The van der Waals surface area contributed by atoms with Gasteiger partial charge in [0.25, 0.3) is 0 Å². The van der Waals surface area contributed by atoms with Crippen molar-refractivity contribution in [2.24, 2.45) is 11.7 Å². The lowest BCUT2D eigenvalue weighted by atomic mass is 9.94. The van der Waals surface area contributed by atoms with Crippen LogP contribution in [0.4, 0.5) is 0 Å². The van der Waals surface area contributed by atoms with Crippen LogP contribution in [0.2, 0.25) is 0 Å². The van der Waals surface area contributed by atoms with Crippen LogP contribution in [0, 0.1) is 5.92 Å². The normalized spacial score (nSPS) is 27.0. The van der Waals surface area contributed by atoms with Crippen LogP contribution >= 0.6 is 0 Å². The number of rotatable bonds is 5. The minimum absolute atomic E-state index is 0.332. The minimum Gasteiger partial charge on any atom is -0.383 e. The first-order valence-corrected chi connectivity index (χ1v) is 5.54. The number of nitrogens with two attached hydrogens (primary N) is 1. The van der Waals surface area contributed by atoms with Crippen molar-refractivity contribution >= 4 is 0 Å². The molecular weight excluding hydrogens is 176 g/mol. The first-order chi connectivity index (χ1) is 6.60. The second-order valence-electron chi connectivity index (χ2n) is 4.90. The van der Waals surface area contributed by atoms with E-state index in [1.807, 2.05) is 0 Å². The highest BCUT2D eigenvalue weighted by Gasteiger charge is 2.37. The molecule has 0 aromatic heterocycles. The van der Waals surface area contributed by atoms with Crippen LogP contribution in [0.15, 0.2) is 0 Å².